The quantitative estimate of drug-likeness (QED) is 0.693. The van der Waals surface area contributed by atoms with Gasteiger partial charge in [-0.05, 0) is 47.5 Å². The van der Waals surface area contributed by atoms with E-state index in [1.165, 1.54) is 7.11 Å². The number of nitrogens with zero attached hydrogens (tertiary/aromatic N) is 2. The second kappa shape index (κ2) is 8.63. The highest BCUT2D eigenvalue weighted by Gasteiger charge is 2.40. The Labute approximate surface area is 178 Å². The smallest absolute Gasteiger partial charge is 0.368 e. The molecule has 0 atom stereocenters. The van der Waals surface area contributed by atoms with Crippen molar-refractivity contribution < 1.29 is 19.0 Å². The van der Waals surface area contributed by atoms with Crippen LogP contribution in [-0.2, 0) is 19.0 Å². The lowest BCUT2D eigenvalue weighted by molar-refractivity contribution is -0.334. The summed E-state index contributed by atoms with van der Waals surface area (Å²) in [5, 5.41) is 0. The fraction of sp³-hybridized carbons (Fsp3) is 0.292. The van der Waals surface area contributed by atoms with Gasteiger partial charge in [0, 0.05) is 53.6 Å². The molecule has 0 amide bonds. The SMILES string of the molecule is COC1(C)O/C(=C\c2ccc(N(C)C)cc2)C(=O)/C(=C/c2ccc(N(C)C)cc2)O1. The van der Waals surface area contributed by atoms with Crippen LogP contribution in [0.1, 0.15) is 18.1 Å². The van der Waals surface area contributed by atoms with Crippen LogP contribution in [0.25, 0.3) is 12.2 Å². The molecule has 6 heteroatoms. The first-order valence-corrected chi connectivity index (χ1v) is 9.67. The van der Waals surface area contributed by atoms with E-state index in [4.69, 9.17) is 14.2 Å². The van der Waals surface area contributed by atoms with E-state index in [9.17, 15) is 4.79 Å². The molecule has 0 radical (unpaired) electrons. The number of hydrogen-bond donors (Lipinski definition) is 0. The number of carbonyl (C=O) groups is 1. The lowest BCUT2D eigenvalue weighted by atomic mass is 10.1. The molecule has 30 heavy (non-hydrogen) atoms. The number of methoxy groups -OCH3 is 1. The van der Waals surface area contributed by atoms with Crippen molar-refractivity contribution in [2.24, 2.45) is 0 Å². The van der Waals surface area contributed by atoms with E-state index in [1.54, 1.807) is 19.1 Å². The summed E-state index contributed by atoms with van der Waals surface area (Å²) >= 11 is 0. The van der Waals surface area contributed by atoms with Crippen molar-refractivity contribution in [2.75, 3.05) is 45.1 Å². The fourth-order valence-electron chi connectivity index (χ4n) is 2.95. The van der Waals surface area contributed by atoms with Gasteiger partial charge >= 0.3 is 5.97 Å². The van der Waals surface area contributed by atoms with Crippen molar-refractivity contribution >= 4 is 29.3 Å². The van der Waals surface area contributed by atoms with E-state index in [0.29, 0.717) is 0 Å². The Morgan fingerprint density at radius 3 is 1.43 bits per heavy atom. The first-order chi connectivity index (χ1) is 14.2. The van der Waals surface area contributed by atoms with E-state index >= 15 is 0 Å². The third kappa shape index (κ3) is 4.83. The molecular weight excluding hydrogens is 380 g/mol. The molecule has 1 aliphatic heterocycles. The monoisotopic (exact) mass is 408 g/mol. The molecule has 0 bridgehead atoms. The zero-order valence-corrected chi connectivity index (χ0v) is 18.3. The molecule has 158 valence electrons. The zero-order valence-electron chi connectivity index (χ0n) is 18.3. The Kier molecular flexibility index (Phi) is 6.17. The standard InChI is InChI=1S/C24H28N2O4/c1-24(28-6)29-21(15-17-7-11-19(12-8-17)25(2)3)23(27)22(30-24)16-18-9-13-20(14-10-18)26(4)5/h7-16H,1-6H3/b21-15-,22-16-. The summed E-state index contributed by atoms with van der Waals surface area (Å²) in [5.74, 6) is -1.39. The number of Topliss-reactive ketones (excluding diaryl/α,β-unsaturated/α-hetero) is 1. The minimum absolute atomic E-state index is 0.166. The molecule has 1 fully saturated rings. The molecule has 2 aromatic rings. The highest BCUT2D eigenvalue weighted by atomic mass is 16.9. The van der Waals surface area contributed by atoms with Gasteiger partial charge in [0.15, 0.2) is 11.5 Å². The van der Waals surface area contributed by atoms with Gasteiger partial charge < -0.3 is 24.0 Å². The van der Waals surface area contributed by atoms with E-state index in [1.807, 2.05) is 86.5 Å². The summed E-state index contributed by atoms with van der Waals surface area (Å²) in [4.78, 5) is 17.1. The summed E-state index contributed by atoms with van der Waals surface area (Å²) in [6.07, 6.45) is 3.40. The lowest BCUT2D eigenvalue weighted by Gasteiger charge is -2.34. The summed E-state index contributed by atoms with van der Waals surface area (Å²) in [7, 11) is 9.38. The topological polar surface area (TPSA) is 51.2 Å². The number of carbonyl (C=O) groups excluding carboxylic acids is 1. The van der Waals surface area contributed by atoms with Crippen LogP contribution < -0.4 is 9.80 Å². The second-order valence-electron chi connectivity index (χ2n) is 7.59. The van der Waals surface area contributed by atoms with Gasteiger partial charge in [-0.15, -0.1) is 0 Å². The average molecular weight is 408 g/mol. The van der Waals surface area contributed by atoms with Gasteiger partial charge in [0.2, 0.25) is 0 Å². The molecule has 0 aromatic heterocycles. The maximum absolute atomic E-state index is 13.0. The minimum atomic E-state index is -1.39. The molecule has 1 aliphatic rings. The van der Waals surface area contributed by atoms with Crippen molar-refractivity contribution in [3.8, 4) is 0 Å². The Balaban J connectivity index is 1.93. The van der Waals surface area contributed by atoms with Crippen molar-refractivity contribution in [3.63, 3.8) is 0 Å². The third-order valence-corrected chi connectivity index (χ3v) is 4.82. The lowest BCUT2D eigenvalue weighted by Crippen LogP contribution is -2.41. The summed E-state index contributed by atoms with van der Waals surface area (Å²) in [6.45, 7) is 1.63. The predicted molar refractivity (Wildman–Crippen MR) is 120 cm³/mol. The van der Waals surface area contributed by atoms with Crippen molar-refractivity contribution in [1.29, 1.82) is 0 Å². The van der Waals surface area contributed by atoms with Gasteiger partial charge in [-0.2, -0.15) is 0 Å². The van der Waals surface area contributed by atoms with Gasteiger partial charge in [-0.1, -0.05) is 24.3 Å². The predicted octanol–water partition coefficient (Wildman–Crippen LogP) is 4.14. The maximum atomic E-state index is 13.0. The van der Waals surface area contributed by atoms with Crippen LogP contribution in [0.15, 0.2) is 60.0 Å². The largest absolute Gasteiger partial charge is 0.426 e. The van der Waals surface area contributed by atoms with Crippen LogP contribution in [0.3, 0.4) is 0 Å². The number of hydrogen-bond acceptors (Lipinski definition) is 6. The Morgan fingerprint density at radius 2 is 1.13 bits per heavy atom. The van der Waals surface area contributed by atoms with Crippen LogP contribution in [0.2, 0.25) is 0 Å². The summed E-state index contributed by atoms with van der Waals surface area (Å²) < 4.78 is 16.9. The van der Waals surface area contributed by atoms with E-state index in [0.717, 1.165) is 22.5 Å². The number of ether oxygens (including phenoxy) is 3. The maximum Gasteiger partial charge on any atom is 0.368 e. The van der Waals surface area contributed by atoms with Crippen LogP contribution in [0, 0.1) is 0 Å². The van der Waals surface area contributed by atoms with Crippen LogP contribution in [0.5, 0.6) is 0 Å². The molecular formula is C24H28N2O4. The molecule has 1 heterocycles. The van der Waals surface area contributed by atoms with Crippen molar-refractivity contribution in [1.82, 2.24) is 0 Å². The van der Waals surface area contributed by atoms with Gasteiger partial charge in [-0.3, -0.25) is 4.79 Å². The van der Waals surface area contributed by atoms with Gasteiger partial charge in [0.1, 0.15) is 0 Å². The highest BCUT2D eigenvalue weighted by Crippen LogP contribution is 2.32. The van der Waals surface area contributed by atoms with Crippen LogP contribution in [-0.4, -0.2) is 47.1 Å². The number of ketones is 1. The Bertz CT molecular complexity index is 884. The fourth-order valence-corrected chi connectivity index (χ4v) is 2.95. The molecule has 0 spiro atoms. The van der Waals surface area contributed by atoms with Crippen LogP contribution >= 0.6 is 0 Å². The number of anilines is 2. The minimum Gasteiger partial charge on any atom is -0.426 e. The van der Waals surface area contributed by atoms with Gasteiger partial charge in [-0.25, -0.2) is 0 Å². The molecule has 0 N–H and O–H groups in total. The molecule has 0 unspecified atom stereocenters. The average Bonchev–Trinajstić information content (AvgIpc) is 2.72. The first-order valence-electron chi connectivity index (χ1n) is 9.67. The van der Waals surface area contributed by atoms with E-state index in [-0.39, 0.29) is 17.3 Å². The van der Waals surface area contributed by atoms with Gasteiger partial charge in [0.25, 0.3) is 5.78 Å². The normalized spacial score (nSPS) is 21.3. The van der Waals surface area contributed by atoms with Crippen molar-refractivity contribution in [3.05, 3.63) is 71.2 Å². The number of rotatable bonds is 5. The summed E-state index contributed by atoms with van der Waals surface area (Å²) in [6, 6.07) is 15.7. The Hall–Kier alpha value is -3.25. The van der Waals surface area contributed by atoms with E-state index in [2.05, 4.69) is 0 Å². The Morgan fingerprint density at radius 1 is 0.767 bits per heavy atom. The third-order valence-electron chi connectivity index (χ3n) is 4.82. The molecule has 3 rings (SSSR count). The van der Waals surface area contributed by atoms with Gasteiger partial charge in [0.05, 0.1) is 0 Å². The summed E-state index contributed by atoms with van der Waals surface area (Å²) in [5.41, 5.74) is 3.83. The zero-order chi connectivity index (χ0) is 21.9. The van der Waals surface area contributed by atoms with Crippen LogP contribution in [0.4, 0.5) is 11.4 Å². The first kappa shape index (κ1) is 21.5. The number of benzene rings is 2. The second-order valence-corrected chi connectivity index (χ2v) is 7.59. The van der Waals surface area contributed by atoms with Crippen molar-refractivity contribution in [2.45, 2.75) is 12.9 Å². The van der Waals surface area contributed by atoms with E-state index < -0.39 is 5.97 Å². The molecule has 2 aromatic carbocycles. The molecule has 0 saturated carbocycles. The highest BCUT2D eigenvalue weighted by molar-refractivity contribution is 6.11. The molecule has 6 nitrogen and oxygen atoms in total. The molecule has 1 saturated heterocycles. The molecule has 0 aliphatic carbocycles.